The Morgan fingerprint density at radius 2 is 1.26 bits per heavy atom. The first-order valence-corrected chi connectivity index (χ1v) is 6.87. The second-order valence-electron chi connectivity index (χ2n) is 5.31. The highest BCUT2D eigenvalue weighted by Gasteiger charge is 2.28. The molecule has 0 aromatic heterocycles. The molecule has 0 radical (unpaired) electrons. The van der Waals surface area contributed by atoms with Crippen LogP contribution in [0, 0.1) is 0 Å². The van der Waals surface area contributed by atoms with Crippen molar-refractivity contribution < 1.29 is 4.74 Å². The Morgan fingerprint density at radius 3 is 1.68 bits per heavy atom. The number of ether oxygens (including phenoxy) is 1. The van der Waals surface area contributed by atoms with Crippen molar-refractivity contribution in [2.75, 3.05) is 7.11 Å². The van der Waals surface area contributed by atoms with Crippen molar-refractivity contribution in [2.24, 2.45) is 0 Å². The molecule has 0 N–H and O–H groups in total. The predicted octanol–water partition coefficient (Wildman–Crippen LogP) is 4.88. The van der Waals surface area contributed by atoms with Crippen LogP contribution in [0.3, 0.4) is 0 Å². The van der Waals surface area contributed by atoms with Crippen molar-refractivity contribution in [3.05, 3.63) is 54.1 Å². The van der Waals surface area contributed by atoms with E-state index < -0.39 is 0 Å². The molecular weight excluding hydrogens is 232 g/mol. The summed E-state index contributed by atoms with van der Waals surface area (Å²) in [6, 6.07) is 17.3. The van der Waals surface area contributed by atoms with Gasteiger partial charge in [-0.2, -0.15) is 0 Å². The minimum atomic E-state index is 0.737. The molecule has 3 aromatic carbocycles. The smallest absolute Gasteiger partial charge is 0.134 e. The van der Waals surface area contributed by atoms with Gasteiger partial charge in [0.2, 0.25) is 0 Å². The molecule has 0 spiro atoms. The highest BCUT2D eigenvalue weighted by atomic mass is 16.5. The van der Waals surface area contributed by atoms with Gasteiger partial charge in [0.1, 0.15) is 5.75 Å². The summed E-state index contributed by atoms with van der Waals surface area (Å²) in [6.07, 6.45) is 2.64. The van der Waals surface area contributed by atoms with Gasteiger partial charge in [-0.3, -0.25) is 0 Å². The van der Waals surface area contributed by atoms with Gasteiger partial charge in [-0.25, -0.2) is 0 Å². The molecule has 1 nitrogen and oxygen atoms in total. The highest BCUT2D eigenvalue weighted by Crippen LogP contribution is 2.49. The summed E-state index contributed by atoms with van der Waals surface area (Å²) in [5.41, 5.74) is 1.52. The van der Waals surface area contributed by atoms with Gasteiger partial charge < -0.3 is 4.74 Å². The van der Waals surface area contributed by atoms with Crippen LogP contribution in [0.4, 0.5) is 0 Å². The van der Waals surface area contributed by atoms with Crippen molar-refractivity contribution in [3.63, 3.8) is 0 Å². The van der Waals surface area contributed by atoms with Crippen molar-refractivity contribution in [1.82, 2.24) is 0 Å². The first-order valence-electron chi connectivity index (χ1n) is 6.87. The molecule has 19 heavy (non-hydrogen) atoms. The van der Waals surface area contributed by atoms with Crippen LogP contribution in [0.15, 0.2) is 48.5 Å². The maximum absolute atomic E-state index is 5.70. The van der Waals surface area contributed by atoms with Crippen LogP contribution in [0.2, 0.25) is 0 Å². The van der Waals surface area contributed by atoms with Crippen LogP contribution in [-0.4, -0.2) is 7.11 Å². The van der Waals surface area contributed by atoms with Gasteiger partial charge in [-0.15, -0.1) is 0 Å². The molecule has 0 heterocycles. The normalized spacial score (nSPS) is 15.0. The van der Waals surface area contributed by atoms with Crippen molar-refractivity contribution in [1.29, 1.82) is 0 Å². The Balaban J connectivity index is 2.26. The summed E-state index contributed by atoms with van der Waals surface area (Å²) >= 11 is 0. The van der Waals surface area contributed by atoms with Crippen LogP contribution >= 0.6 is 0 Å². The third-order valence-corrected chi connectivity index (χ3v) is 4.11. The van der Waals surface area contributed by atoms with Crippen LogP contribution in [-0.2, 0) is 0 Å². The molecule has 1 aliphatic rings. The lowest BCUT2D eigenvalue weighted by molar-refractivity contribution is 0.424. The number of hydrogen-bond donors (Lipinski definition) is 0. The molecule has 0 aliphatic heterocycles. The largest absolute Gasteiger partial charge is 0.495 e. The zero-order valence-corrected chi connectivity index (χ0v) is 11.0. The molecule has 3 aromatic rings. The Morgan fingerprint density at radius 1 is 0.789 bits per heavy atom. The predicted molar refractivity (Wildman–Crippen MR) is 80.0 cm³/mol. The number of hydrogen-bond acceptors (Lipinski definition) is 1. The lowest BCUT2D eigenvalue weighted by Gasteiger charge is -2.15. The standard InChI is InChI=1S/C18H16O/c1-19-18-15-8-4-2-6-13(15)17(12-10-11-12)14-7-3-5-9-16(14)18/h2-9,12H,10-11H2,1H3. The molecule has 0 atom stereocenters. The fourth-order valence-electron chi connectivity index (χ4n) is 3.15. The summed E-state index contributed by atoms with van der Waals surface area (Å²) in [5, 5.41) is 5.21. The minimum absolute atomic E-state index is 0.737. The lowest BCUT2D eigenvalue weighted by Crippen LogP contribution is -1.92. The van der Waals surface area contributed by atoms with Crippen LogP contribution in [0.1, 0.15) is 24.3 Å². The van der Waals surface area contributed by atoms with Crippen LogP contribution < -0.4 is 4.74 Å². The second kappa shape index (κ2) is 3.99. The van der Waals surface area contributed by atoms with E-state index in [1.54, 1.807) is 7.11 Å². The fraction of sp³-hybridized carbons (Fsp3) is 0.222. The Hall–Kier alpha value is -2.02. The van der Waals surface area contributed by atoms with Crippen molar-refractivity contribution >= 4 is 21.5 Å². The average Bonchev–Trinajstić information content (AvgIpc) is 3.29. The number of benzene rings is 3. The first kappa shape index (κ1) is 10.9. The van der Waals surface area contributed by atoms with Gasteiger partial charge in [0, 0.05) is 10.8 Å². The zero-order chi connectivity index (χ0) is 12.8. The quantitative estimate of drug-likeness (QED) is 0.587. The fourth-order valence-corrected chi connectivity index (χ4v) is 3.15. The van der Waals surface area contributed by atoms with E-state index in [0.717, 1.165) is 11.7 Å². The van der Waals surface area contributed by atoms with Gasteiger partial charge in [-0.05, 0) is 35.1 Å². The van der Waals surface area contributed by atoms with Crippen molar-refractivity contribution in [2.45, 2.75) is 18.8 Å². The van der Waals surface area contributed by atoms with Crippen LogP contribution in [0.5, 0.6) is 5.75 Å². The molecule has 0 saturated heterocycles. The number of rotatable bonds is 2. The molecule has 0 amide bonds. The average molecular weight is 248 g/mol. The molecule has 1 fully saturated rings. The second-order valence-corrected chi connectivity index (χ2v) is 5.31. The Bertz CT molecular complexity index is 712. The van der Waals surface area contributed by atoms with Crippen LogP contribution in [0.25, 0.3) is 21.5 Å². The molecule has 1 heteroatoms. The van der Waals surface area contributed by atoms with Gasteiger partial charge in [0.05, 0.1) is 7.11 Å². The number of methoxy groups -OCH3 is 1. The van der Waals surface area contributed by atoms with E-state index in [2.05, 4.69) is 48.5 Å². The first-order chi connectivity index (χ1) is 9.40. The molecule has 1 saturated carbocycles. The van der Waals surface area contributed by atoms with E-state index >= 15 is 0 Å². The van der Waals surface area contributed by atoms with E-state index in [0.29, 0.717) is 0 Å². The SMILES string of the molecule is COc1c2ccccc2c(C2CC2)c2ccccc12. The highest BCUT2D eigenvalue weighted by molar-refractivity contribution is 6.09. The zero-order valence-electron chi connectivity index (χ0n) is 11.0. The third-order valence-electron chi connectivity index (χ3n) is 4.11. The van der Waals surface area contributed by atoms with E-state index in [9.17, 15) is 0 Å². The molecule has 0 bridgehead atoms. The topological polar surface area (TPSA) is 9.23 Å². The molecule has 94 valence electrons. The Kier molecular flexibility index (Phi) is 2.28. The van der Waals surface area contributed by atoms with Gasteiger partial charge in [0.15, 0.2) is 0 Å². The lowest BCUT2D eigenvalue weighted by atomic mass is 9.93. The molecule has 4 rings (SSSR count). The van der Waals surface area contributed by atoms with E-state index in [4.69, 9.17) is 4.74 Å². The molecule has 1 aliphatic carbocycles. The maximum Gasteiger partial charge on any atom is 0.134 e. The molecule has 0 unspecified atom stereocenters. The van der Waals surface area contributed by atoms with Crippen molar-refractivity contribution in [3.8, 4) is 5.75 Å². The summed E-state index contributed by atoms with van der Waals surface area (Å²) in [5.74, 6) is 1.75. The van der Waals surface area contributed by atoms with Gasteiger partial charge in [-0.1, -0.05) is 48.5 Å². The van der Waals surface area contributed by atoms with Gasteiger partial charge >= 0.3 is 0 Å². The maximum atomic E-state index is 5.70. The monoisotopic (exact) mass is 248 g/mol. The van der Waals surface area contributed by atoms with Gasteiger partial charge in [0.25, 0.3) is 0 Å². The van der Waals surface area contributed by atoms with E-state index in [1.807, 2.05) is 0 Å². The molecular formula is C18H16O. The Labute approximate surface area is 112 Å². The van der Waals surface area contributed by atoms with E-state index in [1.165, 1.54) is 39.9 Å². The summed E-state index contributed by atoms with van der Waals surface area (Å²) in [4.78, 5) is 0. The summed E-state index contributed by atoms with van der Waals surface area (Å²) < 4.78 is 5.70. The minimum Gasteiger partial charge on any atom is -0.495 e. The summed E-state index contributed by atoms with van der Waals surface area (Å²) in [6.45, 7) is 0. The number of fused-ring (bicyclic) bond motifs is 2. The van der Waals surface area contributed by atoms with E-state index in [-0.39, 0.29) is 0 Å². The third kappa shape index (κ3) is 1.54. The summed E-state index contributed by atoms with van der Waals surface area (Å²) in [7, 11) is 1.77.